The number of nitrogens with zero attached hydrogens (tertiary/aromatic N) is 2. The fourth-order valence-corrected chi connectivity index (χ4v) is 5.57. The van der Waals surface area contributed by atoms with Gasteiger partial charge in [-0.25, -0.2) is 9.97 Å². The number of carbonyl (C=O) groups is 1. The number of benzene rings is 2. The minimum atomic E-state index is -0.796. The van der Waals surface area contributed by atoms with Crippen molar-refractivity contribution in [2.75, 3.05) is 16.8 Å². The van der Waals surface area contributed by atoms with Gasteiger partial charge in [0.25, 0.3) is 0 Å². The number of nitrogens with one attached hydrogen (secondary N) is 1. The zero-order valence-corrected chi connectivity index (χ0v) is 17.5. The average Bonchev–Trinajstić information content (AvgIpc) is 3.44. The van der Waals surface area contributed by atoms with Crippen LogP contribution < -0.4 is 5.32 Å². The van der Waals surface area contributed by atoms with Crippen molar-refractivity contribution in [1.29, 1.82) is 0 Å². The van der Waals surface area contributed by atoms with E-state index in [1.165, 1.54) is 40.9 Å². The van der Waals surface area contributed by atoms with Crippen molar-refractivity contribution in [2.45, 2.75) is 41.7 Å². The Labute approximate surface area is 177 Å². The Morgan fingerprint density at radius 1 is 1.17 bits per heavy atom. The van der Waals surface area contributed by atoms with Gasteiger partial charge in [-0.15, -0.1) is 11.8 Å². The summed E-state index contributed by atoms with van der Waals surface area (Å²) in [6, 6.07) is 13.0. The Bertz CT molecular complexity index is 1100. The highest BCUT2D eigenvalue weighted by molar-refractivity contribution is 8.00. The monoisotopic (exact) mass is 423 g/mol. The van der Waals surface area contributed by atoms with Crippen molar-refractivity contribution in [1.82, 2.24) is 9.97 Å². The van der Waals surface area contributed by atoms with Crippen LogP contribution in [-0.2, 0) is 11.2 Å². The molecule has 29 heavy (non-hydrogen) atoms. The first kappa shape index (κ1) is 18.8. The third-order valence-corrected chi connectivity index (χ3v) is 7.25. The predicted molar refractivity (Wildman–Crippen MR) is 119 cm³/mol. The molecule has 2 N–H and O–H groups in total. The second kappa shape index (κ2) is 7.88. The summed E-state index contributed by atoms with van der Waals surface area (Å²) in [5.41, 5.74) is 3.56. The highest BCUT2D eigenvalue weighted by Gasteiger charge is 2.26. The van der Waals surface area contributed by atoms with Crippen LogP contribution in [0.2, 0.25) is 0 Å². The van der Waals surface area contributed by atoms with Crippen LogP contribution in [0.3, 0.4) is 0 Å². The minimum Gasteiger partial charge on any atom is -0.481 e. The molecular weight excluding hydrogens is 402 g/mol. The van der Waals surface area contributed by atoms with Gasteiger partial charge in [-0.2, -0.15) is 0 Å². The van der Waals surface area contributed by atoms with E-state index in [-0.39, 0.29) is 6.42 Å². The molecule has 0 saturated heterocycles. The number of fused-ring (bicyclic) bond motifs is 2. The molecule has 0 unspecified atom stereocenters. The molecule has 2 aliphatic rings. The Morgan fingerprint density at radius 2 is 2.00 bits per heavy atom. The number of aliphatic carboxylic acids is 1. The van der Waals surface area contributed by atoms with Crippen molar-refractivity contribution < 1.29 is 9.90 Å². The second-order valence-corrected chi connectivity index (χ2v) is 9.54. The van der Waals surface area contributed by atoms with Crippen molar-refractivity contribution >= 4 is 51.8 Å². The predicted octanol–water partition coefficient (Wildman–Crippen LogP) is 5.47. The van der Waals surface area contributed by atoms with Gasteiger partial charge < -0.3 is 10.4 Å². The SMILES string of the molecule is O=C(O)CCSc1nc2c(c(Nc3ccc(C4CC4)c4ccccc34)n1)SCC2. The highest BCUT2D eigenvalue weighted by atomic mass is 32.2. The molecule has 1 fully saturated rings. The summed E-state index contributed by atoms with van der Waals surface area (Å²) in [6.07, 6.45) is 3.59. The molecule has 1 aromatic heterocycles. The zero-order chi connectivity index (χ0) is 19.8. The average molecular weight is 424 g/mol. The van der Waals surface area contributed by atoms with Gasteiger partial charge in [0.15, 0.2) is 5.16 Å². The lowest BCUT2D eigenvalue weighted by molar-refractivity contribution is -0.136. The maximum absolute atomic E-state index is 10.8. The van der Waals surface area contributed by atoms with Crippen LogP contribution in [0.15, 0.2) is 46.5 Å². The number of rotatable bonds is 7. The fourth-order valence-electron chi connectivity index (χ4n) is 3.73. The molecule has 0 spiro atoms. The number of carboxylic acid groups (broad SMARTS) is 1. The molecule has 0 amide bonds. The van der Waals surface area contributed by atoms with E-state index in [4.69, 9.17) is 10.1 Å². The summed E-state index contributed by atoms with van der Waals surface area (Å²) in [7, 11) is 0. The van der Waals surface area contributed by atoms with Gasteiger partial charge in [-0.3, -0.25) is 4.79 Å². The number of thioether (sulfide) groups is 2. The third-order valence-electron chi connectivity index (χ3n) is 5.28. The minimum absolute atomic E-state index is 0.107. The van der Waals surface area contributed by atoms with Gasteiger partial charge >= 0.3 is 5.97 Å². The molecule has 1 saturated carbocycles. The lowest BCUT2D eigenvalue weighted by Crippen LogP contribution is -2.03. The van der Waals surface area contributed by atoms with Gasteiger partial charge in [-0.05, 0) is 35.8 Å². The number of hydrogen-bond acceptors (Lipinski definition) is 6. The summed E-state index contributed by atoms with van der Waals surface area (Å²) in [6.45, 7) is 0. The fraction of sp³-hybridized carbons (Fsp3) is 0.318. The summed E-state index contributed by atoms with van der Waals surface area (Å²) in [5.74, 6) is 2.21. The van der Waals surface area contributed by atoms with Gasteiger partial charge in [0.1, 0.15) is 5.82 Å². The molecule has 3 aromatic rings. The smallest absolute Gasteiger partial charge is 0.304 e. The van der Waals surface area contributed by atoms with Crippen LogP contribution in [0.4, 0.5) is 11.5 Å². The Hall–Kier alpha value is -2.25. The molecule has 1 aliphatic carbocycles. The van der Waals surface area contributed by atoms with Crippen molar-refractivity contribution in [2.24, 2.45) is 0 Å². The quantitative estimate of drug-likeness (QED) is 0.386. The van der Waals surface area contributed by atoms with Crippen LogP contribution in [0, 0.1) is 0 Å². The van der Waals surface area contributed by atoms with Crippen LogP contribution in [0.25, 0.3) is 10.8 Å². The first-order valence-electron chi connectivity index (χ1n) is 9.86. The largest absolute Gasteiger partial charge is 0.481 e. The van der Waals surface area contributed by atoms with Gasteiger partial charge in [0.05, 0.1) is 17.0 Å². The topological polar surface area (TPSA) is 75.1 Å². The van der Waals surface area contributed by atoms with Crippen molar-refractivity contribution in [3.63, 3.8) is 0 Å². The van der Waals surface area contributed by atoms with Gasteiger partial charge in [-0.1, -0.05) is 42.1 Å². The van der Waals surface area contributed by atoms with E-state index in [0.29, 0.717) is 16.8 Å². The maximum atomic E-state index is 10.8. The van der Waals surface area contributed by atoms with Gasteiger partial charge in [0, 0.05) is 29.0 Å². The van der Waals surface area contributed by atoms with E-state index in [2.05, 4.69) is 46.7 Å². The number of anilines is 2. The number of aromatic nitrogens is 2. The number of hydrogen-bond donors (Lipinski definition) is 2. The standard InChI is InChI=1S/C22H21N3O2S2/c26-19(27)10-12-29-22-24-18-9-11-28-20(18)21(25-22)23-17-8-7-14(13-5-6-13)15-3-1-2-4-16(15)17/h1-4,7-8,13H,5-6,9-12H2,(H,26,27)(H,23,24,25). The molecule has 148 valence electrons. The van der Waals surface area contributed by atoms with E-state index < -0.39 is 5.97 Å². The van der Waals surface area contributed by atoms with Crippen molar-refractivity contribution in [3.8, 4) is 0 Å². The van der Waals surface area contributed by atoms with Crippen LogP contribution in [0.1, 0.15) is 36.4 Å². The molecule has 5 rings (SSSR count). The molecule has 2 heterocycles. The molecule has 0 bridgehead atoms. The zero-order valence-electron chi connectivity index (χ0n) is 15.9. The van der Waals surface area contributed by atoms with Crippen molar-refractivity contribution in [3.05, 3.63) is 47.7 Å². The van der Waals surface area contributed by atoms with E-state index in [1.54, 1.807) is 11.8 Å². The first-order chi connectivity index (χ1) is 14.2. The van der Waals surface area contributed by atoms with Crippen LogP contribution in [-0.4, -0.2) is 32.5 Å². The Balaban J connectivity index is 1.49. The molecular formula is C22H21N3O2S2. The first-order valence-corrected chi connectivity index (χ1v) is 11.8. The summed E-state index contributed by atoms with van der Waals surface area (Å²) < 4.78 is 0. The van der Waals surface area contributed by atoms with E-state index >= 15 is 0 Å². The molecule has 2 aromatic carbocycles. The third kappa shape index (κ3) is 3.94. The summed E-state index contributed by atoms with van der Waals surface area (Å²) in [5, 5.41) is 15.6. The molecule has 7 heteroatoms. The van der Waals surface area contributed by atoms with Crippen LogP contribution >= 0.6 is 23.5 Å². The lowest BCUT2D eigenvalue weighted by Gasteiger charge is -2.15. The molecule has 1 aliphatic heterocycles. The lowest BCUT2D eigenvalue weighted by atomic mass is 9.99. The molecule has 5 nitrogen and oxygen atoms in total. The normalized spacial score (nSPS) is 15.4. The molecule has 0 radical (unpaired) electrons. The Morgan fingerprint density at radius 3 is 2.79 bits per heavy atom. The molecule has 0 atom stereocenters. The van der Waals surface area contributed by atoms with Gasteiger partial charge in [0.2, 0.25) is 0 Å². The number of carboxylic acids is 1. The summed E-state index contributed by atoms with van der Waals surface area (Å²) >= 11 is 3.19. The second-order valence-electron chi connectivity index (χ2n) is 7.37. The summed E-state index contributed by atoms with van der Waals surface area (Å²) in [4.78, 5) is 21.3. The van der Waals surface area contributed by atoms with E-state index in [0.717, 1.165) is 34.3 Å². The Kier molecular flexibility index (Phi) is 5.09. The number of aryl methyl sites for hydroxylation is 1. The van der Waals surface area contributed by atoms with E-state index in [9.17, 15) is 4.79 Å². The highest BCUT2D eigenvalue weighted by Crippen LogP contribution is 2.45. The maximum Gasteiger partial charge on any atom is 0.304 e. The van der Waals surface area contributed by atoms with Crippen LogP contribution in [0.5, 0.6) is 0 Å². The van der Waals surface area contributed by atoms with E-state index in [1.807, 2.05) is 0 Å².